The number of carbonyl (C=O) groups excluding carboxylic acids is 3. The molecule has 3 amide bonds. The molecule has 5 rings (SSSR count). The number of nitrogens with zero attached hydrogens (tertiary/aromatic N) is 3. The Kier molecular flexibility index (Phi) is 6.70. The summed E-state index contributed by atoms with van der Waals surface area (Å²) >= 11 is 0. The van der Waals surface area contributed by atoms with Gasteiger partial charge in [-0.25, -0.2) is 14.5 Å². The van der Waals surface area contributed by atoms with Gasteiger partial charge in [-0.2, -0.15) is 0 Å². The Hall–Kier alpha value is -3.39. The summed E-state index contributed by atoms with van der Waals surface area (Å²) in [4.78, 5) is 44.8. The van der Waals surface area contributed by atoms with Crippen molar-refractivity contribution in [3.8, 4) is 0 Å². The van der Waals surface area contributed by atoms with Crippen LogP contribution < -0.4 is 0 Å². The zero-order valence-electron chi connectivity index (χ0n) is 21.8. The molecule has 2 aromatic carbocycles. The maximum absolute atomic E-state index is 14.0. The molecule has 8 nitrogen and oxygen atoms in total. The fourth-order valence-electron chi connectivity index (χ4n) is 5.80. The average Bonchev–Trinajstić information content (AvgIpc) is 3.38. The smallest absolute Gasteiger partial charge is 0.416 e. The Labute approximate surface area is 218 Å². The number of carbonyl (C=O) groups is 3. The third-order valence-electron chi connectivity index (χ3n) is 7.44. The van der Waals surface area contributed by atoms with Crippen molar-refractivity contribution in [1.82, 2.24) is 14.7 Å². The highest BCUT2D eigenvalue weighted by Crippen LogP contribution is 2.46. The van der Waals surface area contributed by atoms with Gasteiger partial charge in [0.15, 0.2) is 0 Å². The van der Waals surface area contributed by atoms with Crippen molar-refractivity contribution in [2.75, 3.05) is 32.8 Å². The topological polar surface area (TPSA) is 79.4 Å². The SMILES string of the molecule is CC(C)(C)OC(=O)N1CC2(CN(Cc3ccccc3)C[C@H]2C(=O)N2C(=O)OC[C@@H]2Cc2ccccc2)C1. The van der Waals surface area contributed by atoms with E-state index < -0.39 is 23.0 Å². The average molecular weight is 506 g/mol. The van der Waals surface area contributed by atoms with Crippen LogP contribution in [0.2, 0.25) is 0 Å². The normalized spacial score (nSPS) is 23.2. The van der Waals surface area contributed by atoms with E-state index in [1.807, 2.05) is 69.3 Å². The molecule has 2 atom stereocenters. The highest BCUT2D eigenvalue weighted by atomic mass is 16.6. The fraction of sp³-hybridized carbons (Fsp3) is 0.483. The van der Waals surface area contributed by atoms with Gasteiger partial charge in [-0.15, -0.1) is 0 Å². The molecule has 3 saturated heterocycles. The molecule has 3 heterocycles. The van der Waals surface area contributed by atoms with Crippen LogP contribution in [0.3, 0.4) is 0 Å². The molecule has 37 heavy (non-hydrogen) atoms. The number of amides is 3. The highest BCUT2D eigenvalue weighted by Gasteiger charge is 2.60. The zero-order valence-corrected chi connectivity index (χ0v) is 21.8. The van der Waals surface area contributed by atoms with Crippen molar-refractivity contribution in [1.29, 1.82) is 0 Å². The molecule has 0 aromatic heterocycles. The second-order valence-corrected chi connectivity index (χ2v) is 11.5. The minimum Gasteiger partial charge on any atom is -0.447 e. The standard InChI is InChI=1S/C29H35N3O5/c1-28(2,3)37-26(34)31-19-29(20-31)18-30(15-22-12-8-5-9-13-22)16-24(29)25(33)32-23(17-36-27(32)35)14-21-10-6-4-7-11-21/h4-13,23-24H,14-20H2,1-3H3/t23-,24-/m0/s1. The van der Waals surface area contributed by atoms with Crippen molar-refractivity contribution in [2.45, 2.75) is 45.4 Å². The van der Waals surface area contributed by atoms with Crippen LogP contribution in [0.1, 0.15) is 31.9 Å². The summed E-state index contributed by atoms with van der Waals surface area (Å²) in [7, 11) is 0. The fourth-order valence-corrected chi connectivity index (χ4v) is 5.80. The number of hydrogen-bond acceptors (Lipinski definition) is 6. The van der Waals surface area contributed by atoms with E-state index in [1.165, 1.54) is 4.90 Å². The van der Waals surface area contributed by atoms with E-state index in [0.717, 1.165) is 11.1 Å². The van der Waals surface area contributed by atoms with Gasteiger partial charge in [-0.1, -0.05) is 60.7 Å². The Morgan fingerprint density at radius 2 is 1.59 bits per heavy atom. The number of cyclic esters (lactones) is 1. The van der Waals surface area contributed by atoms with Crippen LogP contribution in [0.5, 0.6) is 0 Å². The van der Waals surface area contributed by atoms with Crippen LogP contribution >= 0.6 is 0 Å². The summed E-state index contributed by atoms with van der Waals surface area (Å²) in [5.74, 6) is -0.623. The van der Waals surface area contributed by atoms with E-state index in [4.69, 9.17) is 9.47 Å². The lowest BCUT2D eigenvalue weighted by atomic mass is 9.71. The molecule has 3 aliphatic heterocycles. The summed E-state index contributed by atoms with van der Waals surface area (Å²) in [5.41, 5.74) is 1.20. The van der Waals surface area contributed by atoms with Gasteiger partial charge < -0.3 is 14.4 Å². The predicted octanol–water partition coefficient (Wildman–Crippen LogP) is 3.95. The van der Waals surface area contributed by atoms with Gasteiger partial charge in [0.05, 0.1) is 12.0 Å². The van der Waals surface area contributed by atoms with E-state index in [0.29, 0.717) is 39.1 Å². The first-order valence-corrected chi connectivity index (χ1v) is 12.9. The molecule has 0 radical (unpaired) electrons. The molecule has 1 spiro atoms. The largest absolute Gasteiger partial charge is 0.447 e. The number of benzene rings is 2. The first-order valence-electron chi connectivity index (χ1n) is 12.9. The van der Waals surface area contributed by atoms with E-state index in [9.17, 15) is 14.4 Å². The van der Waals surface area contributed by atoms with E-state index >= 15 is 0 Å². The van der Waals surface area contributed by atoms with Crippen molar-refractivity contribution >= 4 is 18.1 Å². The molecule has 0 bridgehead atoms. The van der Waals surface area contributed by atoms with Crippen LogP contribution in [0.4, 0.5) is 9.59 Å². The molecule has 0 unspecified atom stereocenters. The summed E-state index contributed by atoms with van der Waals surface area (Å²) in [6.45, 7) is 8.47. The van der Waals surface area contributed by atoms with Crippen molar-refractivity contribution in [3.63, 3.8) is 0 Å². The summed E-state index contributed by atoms with van der Waals surface area (Å²) in [5, 5.41) is 0. The van der Waals surface area contributed by atoms with E-state index in [1.54, 1.807) is 4.90 Å². The quantitative estimate of drug-likeness (QED) is 0.612. The van der Waals surface area contributed by atoms with Crippen LogP contribution in [0.25, 0.3) is 0 Å². The maximum atomic E-state index is 14.0. The molecule has 0 N–H and O–H groups in total. The molecule has 3 aliphatic rings. The van der Waals surface area contributed by atoms with Crippen LogP contribution in [0.15, 0.2) is 60.7 Å². The van der Waals surface area contributed by atoms with Crippen LogP contribution in [-0.4, -0.2) is 77.2 Å². The van der Waals surface area contributed by atoms with E-state index in [2.05, 4.69) is 17.0 Å². The molecule has 0 saturated carbocycles. The Bertz CT molecular complexity index is 1140. The third kappa shape index (κ3) is 5.34. The molecular formula is C29H35N3O5. The molecule has 8 heteroatoms. The Morgan fingerprint density at radius 3 is 2.22 bits per heavy atom. The van der Waals surface area contributed by atoms with Gasteiger partial charge in [-0.3, -0.25) is 9.69 Å². The third-order valence-corrected chi connectivity index (χ3v) is 7.44. The number of rotatable bonds is 5. The van der Waals surface area contributed by atoms with Gasteiger partial charge in [0.2, 0.25) is 5.91 Å². The first-order chi connectivity index (χ1) is 17.6. The monoisotopic (exact) mass is 505 g/mol. The number of imide groups is 1. The lowest BCUT2D eigenvalue weighted by Crippen LogP contribution is -2.65. The molecule has 3 fully saturated rings. The summed E-state index contributed by atoms with van der Waals surface area (Å²) in [6, 6.07) is 19.6. The Morgan fingerprint density at radius 1 is 0.973 bits per heavy atom. The number of hydrogen-bond donors (Lipinski definition) is 0. The second-order valence-electron chi connectivity index (χ2n) is 11.5. The second kappa shape index (κ2) is 9.82. The number of likely N-dealkylation sites (tertiary alicyclic amines) is 2. The first kappa shape index (κ1) is 25.3. The highest BCUT2D eigenvalue weighted by molar-refractivity contribution is 5.95. The summed E-state index contributed by atoms with van der Waals surface area (Å²) in [6.07, 6.45) is -0.394. The van der Waals surface area contributed by atoms with E-state index in [-0.39, 0.29) is 24.6 Å². The van der Waals surface area contributed by atoms with Crippen molar-refractivity contribution in [3.05, 3.63) is 71.8 Å². The van der Waals surface area contributed by atoms with Gasteiger partial charge >= 0.3 is 12.2 Å². The van der Waals surface area contributed by atoms with Gasteiger partial charge in [0, 0.05) is 38.1 Å². The molecule has 196 valence electrons. The predicted molar refractivity (Wildman–Crippen MR) is 138 cm³/mol. The van der Waals surface area contributed by atoms with Gasteiger partial charge in [0.25, 0.3) is 0 Å². The van der Waals surface area contributed by atoms with Crippen molar-refractivity contribution in [2.24, 2.45) is 11.3 Å². The number of ether oxygens (including phenoxy) is 2. The Balaban J connectivity index is 1.35. The molecular weight excluding hydrogens is 470 g/mol. The lowest BCUT2D eigenvalue weighted by Gasteiger charge is -2.50. The maximum Gasteiger partial charge on any atom is 0.416 e. The van der Waals surface area contributed by atoms with Crippen LogP contribution in [0, 0.1) is 11.3 Å². The lowest BCUT2D eigenvalue weighted by molar-refractivity contribution is -0.141. The minimum absolute atomic E-state index is 0.191. The van der Waals surface area contributed by atoms with Gasteiger partial charge in [0.1, 0.15) is 12.2 Å². The van der Waals surface area contributed by atoms with Gasteiger partial charge in [-0.05, 0) is 38.3 Å². The molecule has 2 aromatic rings. The summed E-state index contributed by atoms with van der Waals surface area (Å²) < 4.78 is 10.9. The van der Waals surface area contributed by atoms with Crippen LogP contribution in [-0.2, 0) is 27.2 Å². The molecule has 0 aliphatic carbocycles. The minimum atomic E-state index is -0.589. The van der Waals surface area contributed by atoms with Crippen molar-refractivity contribution < 1.29 is 23.9 Å². The zero-order chi connectivity index (χ0) is 26.2.